The molecule has 0 aliphatic carbocycles. The van der Waals surface area contributed by atoms with Crippen molar-refractivity contribution in [3.05, 3.63) is 63.2 Å². The van der Waals surface area contributed by atoms with Crippen LogP contribution < -0.4 is 10.3 Å². The maximum atomic E-state index is 14.9. The zero-order chi connectivity index (χ0) is 21.3. The predicted molar refractivity (Wildman–Crippen MR) is 111 cm³/mol. The molecule has 3 heterocycles. The molecule has 156 valence electrons. The van der Waals surface area contributed by atoms with Gasteiger partial charge in [0.1, 0.15) is 5.56 Å². The van der Waals surface area contributed by atoms with Gasteiger partial charge in [-0.2, -0.15) is 0 Å². The second-order valence-corrected chi connectivity index (χ2v) is 7.14. The summed E-state index contributed by atoms with van der Waals surface area (Å²) < 4.78 is 26.8. The van der Waals surface area contributed by atoms with Crippen molar-refractivity contribution in [3.8, 4) is 5.69 Å². The van der Waals surface area contributed by atoms with E-state index in [2.05, 4.69) is 4.98 Å². The highest BCUT2D eigenvalue weighted by Gasteiger charge is 2.23. The molecule has 9 heteroatoms. The number of anilines is 1. The maximum absolute atomic E-state index is 14.9. The summed E-state index contributed by atoms with van der Waals surface area (Å²) in [6.07, 6.45) is 1.37. The molecule has 0 unspecified atom stereocenters. The van der Waals surface area contributed by atoms with Gasteiger partial charge < -0.3 is 18.9 Å². The first kappa shape index (κ1) is 20.3. The van der Waals surface area contributed by atoms with E-state index in [1.165, 1.54) is 6.20 Å². The van der Waals surface area contributed by atoms with Crippen LogP contribution in [-0.4, -0.2) is 48.4 Å². The van der Waals surface area contributed by atoms with Crippen LogP contribution in [0, 0.1) is 5.82 Å². The molecular formula is C21H19ClFN3O4. The molecule has 0 spiro atoms. The van der Waals surface area contributed by atoms with Crippen molar-refractivity contribution >= 4 is 34.4 Å². The minimum atomic E-state index is -0.773. The maximum Gasteiger partial charge on any atom is 0.343 e. The summed E-state index contributed by atoms with van der Waals surface area (Å²) in [6, 6.07) is 7.93. The smallest absolute Gasteiger partial charge is 0.343 e. The molecule has 30 heavy (non-hydrogen) atoms. The number of carbonyl (C=O) groups is 1. The lowest BCUT2D eigenvalue weighted by Gasteiger charge is -2.28. The van der Waals surface area contributed by atoms with Crippen molar-refractivity contribution in [3.63, 3.8) is 0 Å². The largest absolute Gasteiger partial charge is 0.462 e. The van der Waals surface area contributed by atoms with E-state index in [4.69, 9.17) is 21.1 Å². The van der Waals surface area contributed by atoms with Gasteiger partial charge in [0.15, 0.2) is 17.3 Å². The fourth-order valence-corrected chi connectivity index (χ4v) is 3.49. The van der Waals surface area contributed by atoms with Gasteiger partial charge in [-0.1, -0.05) is 11.6 Å². The molecule has 1 aliphatic rings. The normalized spacial score (nSPS) is 14.2. The van der Waals surface area contributed by atoms with Gasteiger partial charge in [0.2, 0.25) is 5.43 Å². The highest BCUT2D eigenvalue weighted by atomic mass is 35.5. The van der Waals surface area contributed by atoms with Gasteiger partial charge in [-0.05, 0) is 37.3 Å². The zero-order valence-corrected chi connectivity index (χ0v) is 17.0. The average molecular weight is 432 g/mol. The number of aromatic nitrogens is 2. The molecule has 0 N–H and O–H groups in total. The SMILES string of the molecule is CCOC(=O)c1cn(-c2ccc(Cl)cc2)c2nc(N3CCOCC3)c(F)cc2c1=O. The molecule has 0 amide bonds. The van der Waals surface area contributed by atoms with E-state index in [0.29, 0.717) is 37.0 Å². The lowest BCUT2D eigenvalue weighted by molar-refractivity contribution is 0.0524. The van der Waals surface area contributed by atoms with Crippen molar-refractivity contribution in [1.29, 1.82) is 0 Å². The Bertz CT molecular complexity index is 1160. The second kappa shape index (κ2) is 8.41. The van der Waals surface area contributed by atoms with Crippen LogP contribution >= 0.6 is 11.6 Å². The third-order valence-electron chi connectivity index (χ3n) is 4.82. The lowest BCUT2D eigenvalue weighted by Crippen LogP contribution is -2.37. The third kappa shape index (κ3) is 3.76. The molecule has 3 aromatic rings. The molecule has 2 aromatic heterocycles. The van der Waals surface area contributed by atoms with Crippen LogP contribution in [0.1, 0.15) is 17.3 Å². The van der Waals surface area contributed by atoms with Crippen LogP contribution in [0.5, 0.6) is 0 Å². The summed E-state index contributed by atoms with van der Waals surface area (Å²) in [5, 5.41) is 0.521. The van der Waals surface area contributed by atoms with E-state index >= 15 is 0 Å². The number of rotatable bonds is 4. The molecule has 1 aliphatic heterocycles. The number of esters is 1. The van der Waals surface area contributed by atoms with Gasteiger partial charge in [-0.25, -0.2) is 14.2 Å². The Morgan fingerprint density at radius 2 is 1.97 bits per heavy atom. The summed E-state index contributed by atoms with van der Waals surface area (Å²) in [5.41, 5.74) is 0.0217. The Morgan fingerprint density at radius 3 is 2.63 bits per heavy atom. The Morgan fingerprint density at radius 1 is 1.27 bits per heavy atom. The molecule has 0 radical (unpaired) electrons. The van der Waals surface area contributed by atoms with Gasteiger partial charge in [-0.15, -0.1) is 0 Å². The minimum absolute atomic E-state index is 0.00925. The van der Waals surface area contributed by atoms with Gasteiger partial charge in [0.05, 0.1) is 25.2 Å². The van der Waals surface area contributed by atoms with Gasteiger partial charge in [0, 0.05) is 30.0 Å². The Kier molecular flexibility index (Phi) is 5.69. The number of hydrogen-bond donors (Lipinski definition) is 0. The molecule has 1 aromatic carbocycles. The number of pyridine rings is 2. The lowest BCUT2D eigenvalue weighted by atomic mass is 10.1. The number of hydrogen-bond acceptors (Lipinski definition) is 6. The topological polar surface area (TPSA) is 73.7 Å². The van der Waals surface area contributed by atoms with Gasteiger partial charge >= 0.3 is 5.97 Å². The standard InChI is InChI=1S/C21H19ClFN3O4/c1-2-30-21(28)16-12-26(14-5-3-13(22)4-6-14)19-15(18(16)27)11-17(23)20(24-19)25-7-9-29-10-8-25/h3-6,11-12H,2,7-10H2,1H3. The Balaban J connectivity index is 1.98. The van der Waals surface area contributed by atoms with Crippen LogP contribution in [0.2, 0.25) is 5.02 Å². The van der Waals surface area contributed by atoms with E-state index < -0.39 is 17.2 Å². The molecule has 0 atom stereocenters. The number of benzene rings is 1. The van der Waals surface area contributed by atoms with Crippen LogP contribution in [-0.2, 0) is 9.47 Å². The van der Waals surface area contributed by atoms with Crippen LogP contribution in [0.3, 0.4) is 0 Å². The summed E-state index contributed by atoms with van der Waals surface area (Å²) in [6.45, 7) is 3.66. The highest BCUT2D eigenvalue weighted by molar-refractivity contribution is 6.30. The van der Waals surface area contributed by atoms with E-state index in [-0.39, 0.29) is 29.0 Å². The molecular weight excluding hydrogens is 413 g/mol. The number of carbonyl (C=O) groups excluding carboxylic acids is 1. The summed E-state index contributed by atoms with van der Waals surface area (Å²) in [4.78, 5) is 31.5. The van der Waals surface area contributed by atoms with Crippen molar-refractivity contribution in [1.82, 2.24) is 9.55 Å². The third-order valence-corrected chi connectivity index (χ3v) is 5.08. The summed E-state index contributed by atoms with van der Waals surface area (Å²) in [7, 11) is 0. The molecule has 1 fully saturated rings. The quantitative estimate of drug-likeness (QED) is 0.591. The first-order chi connectivity index (χ1) is 14.5. The van der Waals surface area contributed by atoms with Crippen molar-refractivity contribution in [2.45, 2.75) is 6.92 Å². The molecule has 7 nitrogen and oxygen atoms in total. The fourth-order valence-electron chi connectivity index (χ4n) is 3.36. The van der Waals surface area contributed by atoms with Crippen molar-refractivity contribution in [2.24, 2.45) is 0 Å². The van der Waals surface area contributed by atoms with E-state index in [9.17, 15) is 14.0 Å². The van der Waals surface area contributed by atoms with Gasteiger partial charge in [-0.3, -0.25) is 4.79 Å². The van der Waals surface area contributed by atoms with Crippen molar-refractivity contribution < 1.29 is 18.7 Å². The van der Waals surface area contributed by atoms with E-state index in [1.807, 2.05) is 0 Å². The molecule has 4 rings (SSSR count). The number of nitrogens with zero attached hydrogens (tertiary/aromatic N) is 3. The van der Waals surface area contributed by atoms with Crippen LogP contribution in [0.15, 0.2) is 41.3 Å². The number of fused-ring (bicyclic) bond motifs is 1. The second-order valence-electron chi connectivity index (χ2n) is 6.70. The monoisotopic (exact) mass is 431 g/mol. The molecule has 1 saturated heterocycles. The first-order valence-electron chi connectivity index (χ1n) is 9.51. The number of ether oxygens (including phenoxy) is 2. The first-order valence-corrected chi connectivity index (χ1v) is 9.89. The summed E-state index contributed by atoms with van der Waals surface area (Å²) >= 11 is 6.00. The minimum Gasteiger partial charge on any atom is -0.462 e. The van der Waals surface area contributed by atoms with Crippen molar-refractivity contribution in [2.75, 3.05) is 37.8 Å². The number of halogens is 2. The Hall–Kier alpha value is -2.97. The average Bonchev–Trinajstić information content (AvgIpc) is 2.75. The van der Waals surface area contributed by atoms with E-state index in [1.54, 1.807) is 40.7 Å². The highest BCUT2D eigenvalue weighted by Crippen LogP contribution is 2.25. The summed E-state index contributed by atoms with van der Waals surface area (Å²) in [5.74, 6) is -1.27. The van der Waals surface area contributed by atoms with Crippen LogP contribution in [0.25, 0.3) is 16.7 Å². The van der Waals surface area contributed by atoms with Gasteiger partial charge in [0.25, 0.3) is 0 Å². The zero-order valence-electron chi connectivity index (χ0n) is 16.2. The predicted octanol–water partition coefficient (Wildman–Crippen LogP) is 3.19. The fraction of sp³-hybridized carbons (Fsp3) is 0.286. The van der Waals surface area contributed by atoms with E-state index in [0.717, 1.165) is 6.07 Å². The number of morpholine rings is 1. The molecule has 0 bridgehead atoms. The van der Waals surface area contributed by atoms with Crippen LogP contribution in [0.4, 0.5) is 10.2 Å². The Labute approximate surface area is 176 Å². The molecule has 0 saturated carbocycles.